The number of methoxy groups -OCH3 is 1. The molecule has 106 valence electrons. The minimum atomic E-state index is -0.102. The van der Waals surface area contributed by atoms with E-state index >= 15 is 0 Å². The van der Waals surface area contributed by atoms with Gasteiger partial charge in [0.1, 0.15) is 5.82 Å². The molecule has 0 spiro atoms. The predicted octanol–water partition coefficient (Wildman–Crippen LogP) is 0.431. The zero-order valence-electron chi connectivity index (χ0n) is 11.8. The Morgan fingerprint density at radius 1 is 1.42 bits per heavy atom. The number of aromatic nitrogens is 1. The number of anilines is 1. The third-order valence-corrected chi connectivity index (χ3v) is 2.74. The zero-order valence-corrected chi connectivity index (χ0v) is 11.8. The Labute approximate surface area is 114 Å². The Kier molecular flexibility index (Phi) is 6.84. The highest BCUT2D eigenvalue weighted by molar-refractivity contribution is 5.94. The Hall–Kier alpha value is -1.66. The van der Waals surface area contributed by atoms with Crippen LogP contribution in [0.2, 0.25) is 0 Å². The average Bonchev–Trinajstić information content (AvgIpc) is 2.45. The van der Waals surface area contributed by atoms with Gasteiger partial charge >= 0.3 is 0 Å². The third kappa shape index (κ3) is 5.67. The molecule has 19 heavy (non-hydrogen) atoms. The summed E-state index contributed by atoms with van der Waals surface area (Å²) in [7, 11) is 5.46. The molecule has 0 radical (unpaired) electrons. The number of hydrogen-bond acceptors (Lipinski definition) is 5. The van der Waals surface area contributed by atoms with Crippen molar-refractivity contribution in [1.29, 1.82) is 0 Å². The van der Waals surface area contributed by atoms with Crippen molar-refractivity contribution >= 4 is 11.7 Å². The number of pyridine rings is 1. The minimum absolute atomic E-state index is 0.102. The van der Waals surface area contributed by atoms with Crippen molar-refractivity contribution < 1.29 is 9.53 Å². The van der Waals surface area contributed by atoms with Crippen LogP contribution in [0.25, 0.3) is 0 Å². The maximum absolute atomic E-state index is 11.8. The summed E-state index contributed by atoms with van der Waals surface area (Å²) in [6.07, 6.45) is 1.57. The fourth-order valence-electron chi connectivity index (χ4n) is 1.50. The topological polar surface area (TPSA) is 66.5 Å². The van der Waals surface area contributed by atoms with Crippen LogP contribution in [0.15, 0.2) is 18.3 Å². The molecule has 1 heterocycles. The van der Waals surface area contributed by atoms with Crippen molar-refractivity contribution in [3.8, 4) is 0 Å². The molecule has 1 amide bonds. The van der Waals surface area contributed by atoms with Crippen LogP contribution in [-0.4, -0.2) is 63.2 Å². The SMILES string of the molecule is CNc1ccc(C(=O)NCCN(C)CCOC)cn1. The summed E-state index contributed by atoms with van der Waals surface area (Å²) in [4.78, 5) is 18.0. The average molecular weight is 266 g/mol. The molecule has 6 nitrogen and oxygen atoms in total. The number of ether oxygens (including phenoxy) is 1. The second-order valence-electron chi connectivity index (χ2n) is 4.23. The monoisotopic (exact) mass is 266 g/mol. The van der Waals surface area contributed by atoms with Gasteiger partial charge in [0.15, 0.2) is 0 Å². The van der Waals surface area contributed by atoms with Gasteiger partial charge < -0.3 is 20.3 Å². The molecule has 1 rings (SSSR count). The molecule has 0 bridgehead atoms. The second-order valence-corrected chi connectivity index (χ2v) is 4.23. The summed E-state index contributed by atoms with van der Waals surface area (Å²) in [6.45, 7) is 2.94. The van der Waals surface area contributed by atoms with Gasteiger partial charge in [0.05, 0.1) is 12.2 Å². The summed E-state index contributed by atoms with van der Waals surface area (Å²) >= 11 is 0. The van der Waals surface area contributed by atoms with Crippen LogP contribution in [0.5, 0.6) is 0 Å². The molecular formula is C13H22N4O2. The van der Waals surface area contributed by atoms with E-state index in [1.807, 2.05) is 7.05 Å². The van der Waals surface area contributed by atoms with Crippen molar-refractivity contribution in [2.75, 3.05) is 52.8 Å². The van der Waals surface area contributed by atoms with Gasteiger partial charge in [-0.25, -0.2) is 4.98 Å². The Balaban J connectivity index is 2.30. The van der Waals surface area contributed by atoms with E-state index in [-0.39, 0.29) is 5.91 Å². The first-order valence-corrected chi connectivity index (χ1v) is 6.27. The summed E-state index contributed by atoms with van der Waals surface area (Å²) in [5.74, 6) is 0.645. The first-order valence-electron chi connectivity index (χ1n) is 6.27. The van der Waals surface area contributed by atoms with E-state index in [9.17, 15) is 4.79 Å². The fraction of sp³-hybridized carbons (Fsp3) is 0.538. The quantitative estimate of drug-likeness (QED) is 0.714. The number of nitrogens with zero attached hydrogens (tertiary/aromatic N) is 2. The van der Waals surface area contributed by atoms with Crippen LogP contribution in [0.3, 0.4) is 0 Å². The molecule has 2 N–H and O–H groups in total. The first-order chi connectivity index (χ1) is 9.17. The minimum Gasteiger partial charge on any atom is -0.383 e. The maximum atomic E-state index is 11.8. The van der Waals surface area contributed by atoms with Crippen LogP contribution >= 0.6 is 0 Å². The fourth-order valence-corrected chi connectivity index (χ4v) is 1.50. The summed E-state index contributed by atoms with van der Waals surface area (Å²) in [5.41, 5.74) is 0.568. The largest absolute Gasteiger partial charge is 0.383 e. The normalized spacial score (nSPS) is 10.5. The van der Waals surface area contributed by atoms with Crippen molar-refractivity contribution in [2.45, 2.75) is 0 Å². The van der Waals surface area contributed by atoms with E-state index in [1.54, 1.807) is 32.5 Å². The molecule has 0 atom stereocenters. The molecule has 0 aromatic carbocycles. The van der Waals surface area contributed by atoms with Crippen LogP contribution in [0.1, 0.15) is 10.4 Å². The van der Waals surface area contributed by atoms with Gasteiger partial charge in [0, 0.05) is 40.0 Å². The Bertz CT molecular complexity index is 381. The number of hydrogen-bond donors (Lipinski definition) is 2. The lowest BCUT2D eigenvalue weighted by molar-refractivity contribution is 0.0947. The molecule has 0 unspecified atom stereocenters. The number of nitrogens with one attached hydrogen (secondary N) is 2. The number of rotatable bonds is 8. The molecule has 0 aliphatic heterocycles. The van der Waals surface area contributed by atoms with Gasteiger partial charge in [-0.15, -0.1) is 0 Å². The van der Waals surface area contributed by atoms with E-state index in [4.69, 9.17) is 4.74 Å². The van der Waals surface area contributed by atoms with Gasteiger partial charge in [-0.3, -0.25) is 4.79 Å². The first kappa shape index (κ1) is 15.4. The predicted molar refractivity (Wildman–Crippen MR) is 75.5 cm³/mol. The molecule has 0 aliphatic rings. The number of amides is 1. The second kappa shape index (κ2) is 8.44. The van der Waals surface area contributed by atoms with Crippen molar-refractivity contribution in [3.63, 3.8) is 0 Å². The lowest BCUT2D eigenvalue weighted by atomic mass is 10.2. The van der Waals surface area contributed by atoms with E-state index in [0.717, 1.165) is 18.9 Å². The maximum Gasteiger partial charge on any atom is 0.252 e. The van der Waals surface area contributed by atoms with Crippen LogP contribution < -0.4 is 10.6 Å². The van der Waals surface area contributed by atoms with Gasteiger partial charge in [-0.05, 0) is 19.2 Å². The highest BCUT2D eigenvalue weighted by Gasteiger charge is 2.05. The third-order valence-electron chi connectivity index (χ3n) is 2.74. The highest BCUT2D eigenvalue weighted by atomic mass is 16.5. The molecule has 1 aromatic heterocycles. The van der Waals surface area contributed by atoms with Crippen molar-refractivity contribution in [3.05, 3.63) is 23.9 Å². The Morgan fingerprint density at radius 3 is 2.79 bits per heavy atom. The van der Waals surface area contributed by atoms with Crippen molar-refractivity contribution in [1.82, 2.24) is 15.2 Å². The van der Waals surface area contributed by atoms with Gasteiger partial charge in [-0.1, -0.05) is 0 Å². The number of likely N-dealkylation sites (N-methyl/N-ethyl adjacent to an activating group) is 1. The molecule has 1 aromatic rings. The number of carbonyl (C=O) groups excluding carboxylic acids is 1. The number of carbonyl (C=O) groups is 1. The van der Waals surface area contributed by atoms with E-state index in [0.29, 0.717) is 18.7 Å². The van der Waals surface area contributed by atoms with Crippen molar-refractivity contribution in [2.24, 2.45) is 0 Å². The summed E-state index contributed by atoms with van der Waals surface area (Å²) in [5, 5.41) is 5.77. The van der Waals surface area contributed by atoms with E-state index < -0.39 is 0 Å². The summed E-state index contributed by atoms with van der Waals surface area (Å²) in [6, 6.07) is 3.53. The van der Waals surface area contributed by atoms with Gasteiger partial charge in [0.2, 0.25) is 0 Å². The van der Waals surface area contributed by atoms with Gasteiger partial charge in [-0.2, -0.15) is 0 Å². The van der Waals surface area contributed by atoms with E-state index in [2.05, 4.69) is 20.5 Å². The van der Waals surface area contributed by atoms with Crippen LogP contribution in [-0.2, 0) is 4.74 Å². The lowest BCUT2D eigenvalue weighted by Crippen LogP contribution is -2.34. The van der Waals surface area contributed by atoms with Gasteiger partial charge in [0.25, 0.3) is 5.91 Å². The lowest BCUT2D eigenvalue weighted by Gasteiger charge is -2.16. The molecule has 6 heteroatoms. The summed E-state index contributed by atoms with van der Waals surface area (Å²) < 4.78 is 4.99. The molecular weight excluding hydrogens is 244 g/mol. The molecule has 0 aliphatic carbocycles. The van der Waals surface area contributed by atoms with E-state index in [1.165, 1.54) is 0 Å². The Morgan fingerprint density at radius 2 is 2.21 bits per heavy atom. The molecule has 0 saturated heterocycles. The smallest absolute Gasteiger partial charge is 0.252 e. The highest BCUT2D eigenvalue weighted by Crippen LogP contribution is 2.03. The van der Waals surface area contributed by atoms with Crippen LogP contribution in [0, 0.1) is 0 Å². The zero-order chi connectivity index (χ0) is 14.1. The molecule has 0 saturated carbocycles. The van der Waals surface area contributed by atoms with Crippen LogP contribution in [0.4, 0.5) is 5.82 Å². The molecule has 0 fully saturated rings. The standard InChI is InChI=1S/C13H22N4O2/c1-14-12-5-4-11(10-16-12)13(18)15-6-7-17(2)8-9-19-3/h4-5,10H,6-9H2,1-3H3,(H,14,16)(H,15,18).